The molecular weight excluding hydrogens is 208 g/mol. The first-order valence-electron chi connectivity index (χ1n) is 5.68. The van der Waals surface area contributed by atoms with Crippen molar-refractivity contribution in [3.8, 4) is 0 Å². The Morgan fingerprint density at radius 3 is 2.75 bits per heavy atom. The lowest BCUT2D eigenvalue weighted by Gasteiger charge is -2.19. The Balaban J connectivity index is 2.56. The Labute approximate surface area is 95.8 Å². The SMILES string of the molecule is CCOC(C)(C)c1noc(CCCCO)n1. The third-order valence-corrected chi connectivity index (χ3v) is 2.31. The summed E-state index contributed by atoms with van der Waals surface area (Å²) in [5, 5.41) is 12.6. The van der Waals surface area contributed by atoms with Crippen molar-refractivity contribution in [2.75, 3.05) is 13.2 Å². The molecule has 0 aliphatic rings. The summed E-state index contributed by atoms with van der Waals surface area (Å²) in [7, 11) is 0. The lowest BCUT2D eigenvalue weighted by molar-refractivity contribution is -0.0221. The van der Waals surface area contributed by atoms with Crippen molar-refractivity contribution in [1.29, 1.82) is 0 Å². The van der Waals surface area contributed by atoms with E-state index in [2.05, 4.69) is 10.1 Å². The molecule has 5 nitrogen and oxygen atoms in total. The van der Waals surface area contributed by atoms with Gasteiger partial charge in [0, 0.05) is 19.6 Å². The largest absolute Gasteiger partial charge is 0.396 e. The van der Waals surface area contributed by atoms with E-state index in [-0.39, 0.29) is 6.61 Å². The van der Waals surface area contributed by atoms with E-state index < -0.39 is 5.60 Å². The molecule has 0 aliphatic carbocycles. The third kappa shape index (κ3) is 3.57. The van der Waals surface area contributed by atoms with Gasteiger partial charge in [-0.25, -0.2) is 0 Å². The van der Waals surface area contributed by atoms with E-state index in [1.54, 1.807) is 0 Å². The summed E-state index contributed by atoms with van der Waals surface area (Å²) in [5.74, 6) is 1.18. The summed E-state index contributed by atoms with van der Waals surface area (Å²) in [4.78, 5) is 4.29. The highest BCUT2D eigenvalue weighted by Crippen LogP contribution is 2.21. The summed E-state index contributed by atoms with van der Waals surface area (Å²) in [6.45, 7) is 6.58. The van der Waals surface area contributed by atoms with Gasteiger partial charge in [0.05, 0.1) is 0 Å². The van der Waals surface area contributed by atoms with Gasteiger partial charge >= 0.3 is 0 Å². The second kappa shape index (κ2) is 5.96. The molecule has 0 amide bonds. The zero-order chi connectivity index (χ0) is 12.0. The number of aromatic nitrogens is 2. The molecule has 0 radical (unpaired) electrons. The highest BCUT2D eigenvalue weighted by Gasteiger charge is 2.26. The van der Waals surface area contributed by atoms with E-state index in [1.165, 1.54) is 0 Å². The number of hydrogen-bond donors (Lipinski definition) is 1. The molecular formula is C11H20N2O3. The van der Waals surface area contributed by atoms with Crippen molar-refractivity contribution in [2.45, 2.75) is 45.6 Å². The van der Waals surface area contributed by atoms with Crippen molar-refractivity contribution < 1.29 is 14.4 Å². The minimum Gasteiger partial charge on any atom is -0.396 e. The van der Waals surface area contributed by atoms with E-state index in [9.17, 15) is 0 Å². The minimum absolute atomic E-state index is 0.200. The zero-order valence-electron chi connectivity index (χ0n) is 10.2. The molecule has 1 aromatic heterocycles. The van der Waals surface area contributed by atoms with Crippen LogP contribution in [0.25, 0.3) is 0 Å². The van der Waals surface area contributed by atoms with Crippen LogP contribution in [0.3, 0.4) is 0 Å². The fourth-order valence-electron chi connectivity index (χ4n) is 1.41. The number of rotatable bonds is 7. The van der Waals surface area contributed by atoms with Crippen molar-refractivity contribution in [1.82, 2.24) is 10.1 Å². The summed E-state index contributed by atoms with van der Waals surface area (Å²) >= 11 is 0. The topological polar surface area (TPSA) is 68.4 Å². The molecule has 1 aromatic rings. The average molecular weight is 228 g/mol. The van der Waals surface area contributed by atoms with Crippen LogP contribution in [0, 0.1) is 0 Å². The Bertz CT molecular complexity index is 310. The van der Waals surface area contributed by atoms with Crippen LogP contribution < -0.4 is 0 Å². The van der Waals surface area contributed by atoms with Crippen LogP contribution in [0.5, 0.6) is 0 Å². The predicted octanol–water partition coefficient (Wildman–Crippen LogP) is 1.66. The minimum atomic E-state index is -0.506. The van der Waals surface area contributed by atoms with Crippen LogP contribution in [0.15, 0.2) is 4.52 Å². The number of aliphatic hydroxyl groups is 1. The van der Waals surface area contributed by atoms with Crippen molar-refractivity contribution in [3.05, 3.63) is 11.7 Å². The molecule has 0 fully saturated rings. The first-order chi connectivity index (χ1) is 7.60. The van der Waals surface area contributed by atoms with Gasteiger partial charge in [0.25, 0.3) is 0 Å². The summed E-state index contributed by atoms with van der Waals surface area (Å²) in [6, 6.07) is 0. The Morgan fingerprint density at radius 1 is 1.38 bits per heavy atom. The number of hydrogen-bond acceptors (Lipinski definition) is 5. The Kier molecular flexibility index (Phi) is 4.89. The molecule has 0 bridgehead atoms. The lowest BCUT2D eigenvalue weighted by atomic mass is 10.1. The third-order valence-electron chi connectivity index (χ3n) is 2.31. The smallest absolute Gasteiger partial charge is 0.226 e. The average Bonchev–Trinajstić information content (AvgIpc) is 2.67. The van der Waals surface area contributed by atoms with Gasteiger partial charge in [-0.3, -0.25) is 0 Å². The van der Waals surface area contributed by atoms with Crippen molar-refractivity contribution in [2.24, 2.45) is 0 Å². The van der Waals surface area contributed by atoms with Crippen LogP contribution in [-0.4, -0.2) is 28.5 Å². The molecule has 0 spiro atoms. The van der Waals surface area contributed by atoms with Crippen LogP contribution in [0.4, 0.5) is 0 Å². The molecule has 0 unspecified atom stereocenters. The fourth-order valence-corrected chi connectivity index (χ4v) is 1.41. The van der Waals surface area contributed by atoms with E-state index in [0.717, 1.165) is 12.8 Å². The second-order valence-electron chi connectivity index (χ2n) is 4.14. The molecule has 1 rings (SSSR count). The van der Waals surface area contributed by atoms with Crippen LogP contribution in [0.1, 0.15) is 45.3 Å². The van der Waals surface area contributed by atoms with E-state index >= 15 is 0 Å². The number of ether oxygens (including phenoxy) is 1. The second-order valence-corrected chi connectivity index (χ2v) is 4.14. The maximum absolute atomic E-state index is 8.66. The van der Waals surface area contributed by atoms with E-state index in [1.807, 2.05) is 20.8 Å². The number of aryl methyl sites for hydroxylation is 1. The lowest BCUT2D eigenvalue weighted by Crippen LogP contribution is -2.23. The first kappa shape index (κ1) is 13.1. The molecule has 0 saturated carbocycles. The maximum atomic E-state index is 8.66. The predicted molar refractivity (Wildman–Crippen MR) is 59.0 cm³/mol. The quantitative estimate of drug-likeness (QED) is 0.719. The van der Waals surface area contributed by atoms with Crippen molar-refractivity contribution in [3.63, 3.8) is 0 Å². The number of unbranched alkanes of at least 4 members (excludes halogenated alkanes) is 1. The Morgan fingerprint density at radius 2 is 2.12 bits per heavy atom. The van der Waals surface area contributed by atoms with Gasteiger partial charge in [-0.15, -0.1) is 0 Å². The first-order valence-corrected chi connectivity index (χ1v) is 5.68. The van der Waals surface area contributed by atoms with E-state index in [4.69, 9.17) is 14.4 Å². The van der Waals surface area contributed by atoms with Gasteiger partial charge in [0.2, 0.25) is 11.7 Å². The maximum Gasteiger partial charge on any atom is 0.226 e. The molecule has 0 atom stereocenters. The van der Waals surface area contributed by atoms with Gasteiger partial charge in [-0.1, -0.05) is 5.16 Å². The number of nitrogens with zero attached hydrogens (tertiary/aromatic N) is 2. The highest BCUT2D eigenvalue weighted by atomic mass is 16.5. The molecule has 0 saturated heterocycles. The molecule has 1 heterocycles. The molecule has 16 heavy (non-hydrogen) atoms. The molecule has 1 N–H and O–H groups in total. The van der Waals surface area contributed by atoms with Gasteiger partial charge in [-0.2, -0.15) is 4.98 Å². The Hall–Kier alpha value is -0.940. The summed E-state index contributed by atoms with van der Waals surface area (Å²) < 4.78 is 10.7. The van der Waals surface area contributed by atoms with Crippen LogP contribution in [0.2, 0.25) is 0 Å². The normalized spacial score (nSPS) is 12.0. The monoisotopic (exact) mass is 228 g/mol. The van der Waals surface area contributed by atoms with Crippen LogP contribution in [-0.2, 0) is 16.8 Å². The molecule has 5 heteroatoms. The van der Waals surface area contributed by atoms with Gasteiger partial charge in [-0.05, 0) is 33.6 Å². The van der Waals surface area contributed by atoms with Crippen molar-refractivity contribution >= 4 is 0 Å². The van der Waals surface area contributed by atoms with Gasteiger partial charge < -0.3 is 14.4 Å². The standard InChI is InChI=1S/C11H20N2O3/c1-4-15-11(2,3)10-12-9(16-13-10)7-5-6-8-14/h14H,4-8H2,1-3H3. The van der Waals surface area contributed by atoms with Crippen LogP contribution >= 0.6 is 0 Å². The molecule has 0 aliphatic heterocycles. The van der Waals surface area contributed by atoms with Gasteiger partial charge in [0.15, 0.2) is 0 Å². The number of aliphatic hydroxyl groups excluding tert-OH is 1. The highest BCUT2D eigenvalue weighted by molar-refractivity contribution is 4.97. The van der Waals surface area contributed by atoms with E-state index in [0.29, 0.717) is 24.7 Å². The van der Waals surface area contributed by atoms with Gasteiger partial charge in [0.1, 0.15) is 5.60 Å². The fraction of sp³-hybridized carbons (Fsp3) is 0.818. The summed E-state index contributed by atoms with van der Waals surface area (Å²) in [5.41, 5.74) is -0.506. The molecule has 0 aromatic carbocycles. The summed E-state index contributed by atoms with van der Waals surface area (Å²) in [6.07, 6.45) is 2.32. The molecule has 92 valence electrons. The zero-order valence-corrected chi connectivity index (χ0v) is 10.2.